The summed E-state index contributed by atoms with van der Waals surface area (Å²) in [5, 5.41) is 0. The van der Waals surface area contributed by atoms with Crippen LogP contribution in [0.15, 0.2) is 34.9 Å². The molecule has 0 aliphatic carbocycles. The maximum Gasteiger partial charge on any atom is 0.250 e. The molecule has 17 heavy (non-hydrogen) atoms. The first-order chi connectivity index (χ1) is 8.13. The fourth-order valence-corrected chi connectivity index (χ4v) is 1.14. The van der Waals surface area contributed by atoms with E-state index in [4.69, 9.17) is 0 Å². The third-order valence-corrected chi connectivity index (χ3v) is 2.40. The first-order valence-electron chi connectivity index (χ1n) is 6.00. The number of rotatable bonds is 9. The Bertz CT molecular complexity index is 284. The second-order valence-corrected chi connectivity index (χ2v) is 3.94. The molecule has 1 atom stereocenters. The van der Waals surface area contributed by atoms with Crippen molar-refractivity contribution in [3.63, 3.8) is 0 Å². The smallest absolute Gasteiger partial charge is 0.250 e. The van der Waals surface area contributed by atoms with Crippen LogP contribution >= 0.6 is 0 Å². The molecule has 0 saturated heterocycles. The van der Waals surface area contributed by atoms with Crippen LogP contribution in [0.5, 0.6) is 0 Å². The normalized spacial score (nSPS) is 12.9. The van der Waals surface area contributed by atoms with E-state index in [0.29, 0.717) is 11.5 Å². The molecule has 0 amide bonds. The maximum absolute atomic E-state index is 4.22. The highest BCUT2D eigenvalue weighted by molar-refractivity contribution is 6.37. The molecule has 0 aromatic carbocycles. The van der Waals surface area contributed by atoms with Crippen molar-refractivity contribution in [3.8, 4) is 0 Å². The third kappa shape index (κ3) is 8.49. The van der Waals surface area contributed by atoms with Crippen LogP contribution in [0.1, 0.15) is 26.7 Å². The largest absolute Gasteiger partial charge is 0.410 e. The van der Waals surface area contributed by atoms with Crippen molar-refractivity contribution >= 4 is 20.0 Å². The Morgan fingerprint density at radius 2 is 2.24 bits per heavy atom. The SMILES string of the molecule is C=CC(=C)N=CN([B]C(C)CC)CCC=NC. The molecule has 3 nitrogen and oxygen atoms in total. The molecule has 0 aliphatic heterocycles. The van der Waals surface area contributed by atoms with Gasteiger partial charge in [-0.15, -0.1) is 0 Å². The Kier molecular flexibility index (Phi) is 9.11. The van der Waals surface area contributed by atoms with E-state index >= 15 is 0 Å². The second kappa shape index (κ2) is 9.88. The lowest BCUT2D eigenvalue weighted by molar-refractivity contribution is 0.649. The molecule has 0 bridgehead atoms. The van der Waals surface area contributed by atoms with E-state index in [2.05, 4.69) is 49.2 Å². The minimum atomic E-state index is 0.539. The molecule has 0 rings (SSSR count). The van der Waals surface area contributed by atoms with Crippen molar-refractivity contribution in [3.05, 3.63) is 24.9 Å². The molecule has 0 fully saturated rings. The molecule has 1 radical (unpaired) electrons. The van der Waals surface area contributed by atoms with Gasteiger partial charge in [0.05, 0.1) is 12.0 Å². The van der Waals surface area contributed by atoms with Gasteiger partial charge in [-0.05, 0) is 18.3 Å². The molecule has 0 saturated carbocycles. The van der Waals surface area contributed by atoms with Crippen LogP contribution in [0.4, 0.5) is 0 Å². The van der Waals surface area contributed by atoms with E-state index in [0.717, 1.165) is 19.4 Å². The summed E-state index contributed by atoms with van der Waals surface area (Å²) in [6.07, 6.45) is 7.39. The quantitative estimate of drug-likeness (QED) is 0.260. The Hall–Kier alpha value is -1.32. The van der Waals surface area contributed by atoms with Crippen molar-refractivity contribution < 1.29 is 0 Å². The van der Waals surface area contributed by atoms with E-state index in [9.17, 15) is 0 Å². The second-order valence-electron chi connectivity index (χ2n) is 3.94. The lowest BCUT2D eigenvalue weighted by Crippen LogP contribution is -2.30. The van der Waals surface area contributed by atoms with Gasteiger partial charge in [-0.1, -0.05) is 33.4 Å². The van der Waals surface area contributed by atoms with Gasteiger partial charge in [0.2, 0.25) is 0 Å². The van der Waals surface area contributed by atoms with Crippen molar-refractivity contribution in [1.29, 1.82) is 0 Å². The molecule has 0 N–H and O–H groups in total. The number of allylic oxidation sites excluding steroid dienone is 1. The van der Waals surface area contributed by atoms with Gasteiger partial charge in [0.15, 0.2) is 0 Å². The van der Waals surface area contributed by atoms with E-state index in [1.54, 1.807) is 19.5 Å². The highest BCUT2D eigenvalue weighted by Gasteiger charge is 2.08. The van der Waals surface area contributed by atoms with Gasteiger partial charge in [0, 0.05) is 19.8 Å². The first-order valence-corrected chi connectivity index (χ1v) is 6.00. The zero-order chi connectivity index (χ0) is 13.1. The molecule has 0 aliphatic rings. The molecule has 1 unspecified atom stereocenters. The van der Waals surface area contributed by atoms with Crippen LogP contribution < -0.4 is 0 Å². The Labute approximate surface area is 106 Å². The summed E-state index contributed by atoms with van der Waals surface area (Å²) in [6.45, 7) is 12.6. The average Bonchev–Trinajstić information content (AvgIpc) is 2.35. The van der Waals surface area contributed by atoms with Crippen LogP contribution in [-0.2, 0) is 0 Å². The summed E-state index contributed by atoms with van der Waals surface area (Å²) in [7, 11) is 3.97. The highest BCUT2D eigenvalue weighted by atomic mass is 15.1. The monoisotopic (exact) mass is 232 g/mol. The number of nitrogens with zero attached hydrogens (tertiary/aromatic N) is 3. The standard InChI is InChI=1S/C13H23BN3/c1-6-12(3)14-17(10-8-9-15-5)11-16-13(4)7-2/h7,9,11-12H,2,4,6,8,10H2,1,3,5H3. The van der Waals surface area contributed by atoms with Gasteiger partial charge < -0.3 is 9.80 Å². The summed E-state index contributed by atoms with van der Waals surface area (Å²) in [6, 6.07) is 0. The number of hydrogen-bond donors (Lipinski definition) is 0. The van der Waals surface area contributed by atoms with Crippen molar-refractivity contribution in [2.24, 2.45) is 9.98 Å². The molecular formula is C13H23BN3. The predicted molar refractivity (Wildman–Crippen MR) is 79.0 cm³/mol. The number of hydrogen-bond acceptors (Lipinski definition) is 2. The summed E-state index contributed by atoms with van der Waals surface area (Å²) >= 11 is 0. The minimum Gasteiger partial charge on any atom is -0.410 e. The zero-order valence-electron chi connectivity index (χ0n) is 11.3. The lowest BCUT2D eigenvalue weighted by Gasteiger charge is -2.20. The molecule has 0 spiro atoms. The van der Waals surface area contributed by atoms with Gasteiger partial charge in [0.25, 0.3) is 7.41 Å². The van der Waals surface area contributed by atoms with Crippen LogP contribution in [0, 0.1) is 0 Å². The minimum absolute atomic E-state index is 0.539. The summed E-state index contributed by atoms with van der Waals surface area (Å²) < 4.78 is 0. The molecule has 93 valence electrons. The Morgan fingerprint density at radius 1 is 1.53 bits per heavy atom. The van der Waals surface area contributed by atoms with Crippen LogP contribution in [0.25, 0.3) is 0 Å². The fourth-order valence-electron chi connectivity index (χ4n) is 1.14. The van der Waals surface area contributed by atoms with E-state index < -0.39 is 0 Å². The van der Waals surface area contributed by atoms with Crippen LogP contribution in [0.3, 0.4) is 0 Å². The Morgan fingerprint density at radius 3 is 2.76 bits per heavy atom. The van der Waals surface area contributed by atoms with Crippen LogP contribution in [-0.4, -0.2) is 38.4 Å². The summed E-state index contributed by atoms with van der Waals surface area (Å²) in [5.74, 6) is 0.539. The van der Waals surface area contributed by atoms with Crippen molar-refractivity contribution in [2.75, 3.05) is 13.6 Å². The van der Waals surface area contributed by atoms with E-state index in [1.807, 2.05) is 6.21 Å². The molecule has 0 aromatic heterocycles. The van der Waals surface area contributed by atoms with E-state index in [-0.39, 0.29) is 0 Å². The maximum atomic E-state index is 4.22. The summed E-state index contributed by atoms with van der Waals surface area (Å²) in [4.78, 5) is 10.3. The van der Waals surface area contributed by atoms with Crippen molar-refractivity contribution in [2.45, 2.75) is 32.5 Å². The lowest BCUT2D eigenvalue weighted by atomic mass is 9.73. The molecule has 0 aromatic rings. The van der Waals surface area contributed by atoms with Gasteiger partial charge in [-0.2, -0.15) is 0 Å². The summed E-state index contributed by atoms with van der Waals surface area (Å²) in [5.41, 5.74) is 0.678. The predicted octanol–water partition coefficient (Wildman–Crippen LogP) is 2.94. The van der Waals surface area contributed by atoms with Crippen LogP contribution in [0.2, 0.25) is 5.82 Å². The molecule has 4 heteroatoms. The third-order valence-electron chi connectivity index (χ3n) is 2.40. The Balaban J connectivity index is 4.32. The first kappa shape index (κ1) is 15.7. The topological polar surface area (TPSA) is 28.0 Å². The molecule has 0 heterocycles. The van der Waals surface area contributed by atoms with Gasteiger partial charge >= 0.3 is 0 Å². The van der Waals surface area contributed by atoms with Gasteiger partial charge in [-0.25, -0.2) is 4.99 Å². The number of aliphatic imine (C=N–C) groups is 2. The highest BCUT2D eigenvalue weighted by Crippen LogP contribution is 2.07. The van der Waals surface area contributed by atoms with Gasteiger partial charge in [0.1, 0.15) is 0 Å². The van der Waals surface area contributed by atoms with Gasteiger partial charge in [-0.3, -0.25) is 0 Å². The van der Waals surface area contributed by atoms with Crippen molar-refractivity contribution in [1.82, 2.24) is 4.81 Å². The fraction of sp³-hybridized carbons (Fsp3) is 0.538. The average molecular weight is 232 g/mol. The molecular weight excluding hydrogens is 209 g/mol. The van der Waals surface area contributed by atoms with E-state index in [1.165, 1.54) is 0 Å². The zero-order valence-corrected chi connectivity index (χ0v) is 11.3.